The normalized spacial score (nSPS) is 26.0. The number of fused-ring (bicyclic) bond motifs is 3. The van der Waals surface area contributed by atoms with Crippen LogP contribution in [-0.4, -0.2) is 50.9 Å². The molecular formula is C20H21FN6O2. The number of aromatic amines is 1. The largest absolute Gasteiger partial charge is 0.352 e. The highest BCUT2D eigenvalue weighted by Crippen LogP contribution is 2.33. The number of halogens is 1. The lowest BCUT2D eigenvalue weighted by atomic mass is 9.96. The Labute approximate surface area is 165 Å². The molecule has 0 spiro atoms. The summed E-state index contributed by atoms with van der Waals surface area (Å²) in [6.07, 6.45) is 4.60. The molecule has 9 heteroatoms. The summed E-state index contributed by atoms with van der Waals surface area (Å²) in [5.74, 6) is 0.557. The molecule has 2 N–H and O–H groups in total. The van der Waals surface area contributed by atoms with Crippen molar-refractivity contribution in [3.63, 3.8) is 0 Å². The minimum Gasteiger partial charge on any atom is -0.352 e. The van der Waals surface area contributed by atoms with E-state index in [0.717, 1.165) is 19.3 Å². The molecule has 2 aliphatic rings. The lowest BCUT2D eigenvalue weighted by Gasteiger charge is -2.38. The number of aromatic nitrogens is 4. The average molecular weight is 396 g/mol. The fourth-order valence-corrected chi connectivity index (χ4v) is 4.47. The first-order valence-electron chi connectivity index (χ1n) is 9.72. The van der Waals surface area contributed by atoms with Crippen molar-refractivity contribution in [3.05, 3.63) is 57.2 Å². The smallest absolute Gasteiger partial charge is 0.257 e. The van der Waals surface area contributed by atoms with E-state index in [2.05, 4.69) is 20.5 Å². The molecule has 3 aromatic heterocycles. The Bertz CT molecular complexity index is 1170. The maximum atomic E-state index is 14.8. The van der Waals surface area contributed by atoms with E-state index >= 15 is 0 Å². The van der Waals surface area contributed by atoms with E-state index < -0.39 is 6.17 Å². The number of hydrogen-bond acceptors (Lipinski definition) is 6. The molecule has 3 aromatic rings. The molecule has 0 unspecified atom stereocenters. The summed E-state index contributed by atoms with van der Waals surface area (Å²) in [4.78, 5) is 29.2. The molecule has 0 saturated carbocycles. The lowest BCUT2D eigenvalue weighted by molar-refractivity contribution is 0.176. The number of nitrogens with one attached hydrogen (secondary N) is 2. The zero-order valence-electron chi connectivity index (χ0n) is 15.9. The molecule has 0 aromatic carbocycles. The van der Waals surface area contributed by atoms with Gasteiger partial charge in [-0.3, -0.25) is 14.0 Å². The van der Waals surface area contributed by atoms with Crippen LogP contribution in [0, 0.1) is 0 Å². The molecule has 2 bridgehead atoms. The summed E-state index contributed by atoms with van der Waals surface area (Å²) in [7, 11) is 1.83. The monoisotopic (exact) mass is 396 g/mol. The second-order valence-corrected chi connectivity index (χ2v) is 7.81. The van der Waals surface area contributed by atoms with Crippen LogP contribution >= 0.6 is 0 Å². The maximum Gasteiger partial charge on any atom is 0.257 e. The van der Waals surface area contributed by atoms with Gasteiger partial charge in [0.05, 0.1) is 17.3 Å². The number of H-pyrrole nitrogens is 1. The van der Waals surface area contributed by atoms with Crippen LogP contribution in [-0.2, 0) is 0 Å². The molecule has 2 aliphatic heterocycles. The van der Waals surface area contributed by atoms with Crippen molar-refractivity contribution >= 4 is 11.5 Å². The van der Waals surface area contributed by atoms with Gasteiger partial charge in [-0.05, 0) is 31.4 Å². The molecule has 2 fully saturated rings. The van der Waals surface area contributed by atoms with E-state index in [1.54, 1.807) is 12.1 Å². The van der Waals surface area contributed by atoms with E-state index in [0.29, 0.717) is 23.2 Å². The molecular weight excluding hydrogens is 375 g/mol. The average Bonchev–Trinajstić information content (AvgIpc) is 3.14. The Morgan fingerprint density at radius 2 is 2.07 bits per heavy atom. The minimum atomic E-state index is -0.961. The Morgan fingerprint density at radius 3 is 2.86 bits per heavy atom. The van der Waals surface area contributed by atoms with Crippen molar-refractivity contribution in [2.75, 3.05) is 11.9 Å². The van der Waals surface area contributed by atoms with Gasteiger partial charge in [0.1, 0.15) is 11.8 Å². The van der Waals surface area contributed by atoms with Gasteiger partial charge in [-0.2, -0.15) is 0 Å². The van der Waals surface area contributed by atoms with Gasteiger partial charge in [-0.25, -0.2) is 4.39 Å². The van der Waals surface area contributed by atoms with E-state index in [9.17, 15) is 14.0 Å². The zero-order chi connectivity index (χ0) is 20.1. The Morgan fingerprint density at radius 1 is 1.21 bits per heavy atom. The van der Waals surface area contributed by atoms with E-state index in [1.807, 2.05) is 11.9 Å². The SMILES string of the molecule is CN(c1ccc(-c2cn3c(=O)cc[nH]c3cc2=O)nn1)[C@@H]1C[C@H]2CC[C@H](N2)[C@@H]1F. The number of anilines is 1. The van der Waals surface area contributed by atoms with Crippen LogP contribution in [0.2, 0.25) is 0 Å². The van der Waals surface area contributed by atoms with Crippen molar-refractivity contribution < 1.29 is 4.39 Å². The molecule has 4 atom stereocenters. The second-order valence-electron chi connectivity index (χ2n) is 7.81. The van der Waals surface area contributed by atoms with Gasteiger partial charge in [-0.15, -0.1) is 10.2 Å². The number of nitrogens with zero attached hydrogens (tertiary/aromatic N) is 4. The molecule has 8 nitrogen and oxygen atoms in total. The zero-order valence-corrected chi connectivity index (χ0v) is 15.9. The second kappa shape index (κ2) is 6.77. The minimum absolute atomic E-state index is 0.0934. The van der Waals surface area contributed by atoms with Gasteiger partial charge in [-0.1, -0.05) is 0 Å². The molecule has 0 amide bonds. The standard InChI is InChI=1S/C20H21FN6O2/c1-26(15-8-11-2-3-14(23-11)20(15)21)17-5-4-13(24-25-17)12-10-27-18(9-16(12)28)22-7-6-19(27)29/h4-7,9-11,14-15,20,22-23H,2-3,8H2,1H3/t11-,14+,15-,20+/m1/s1. The van der Waals surface area contributed by atoms with Gasteiger partial charge >= 0.3 is 0 Å². The summed E-state index contributed by atoms with van der Waals surface area (Å²) in [5, 5.41) is 11.7. The van der Waals surface area contributed by atoms with Gasteiger partial charge in [0.2, 0.25) is 0 Å². The van der Waals surface area contributed by atoms with Crippen molar-refractivity contribution in [1.29, 1.82) is 0 Å². The highest BCUT2D eigenvalue weighted by molar-refractivity contribution is 5.61. The Balaban J connectivity index is 1.45. The van der Waals surface area contributed by atoms with Crippen LogP contribution in [0.15, 0.2) is 46.2 Å². The van der Waals surface area contributed by atoms with Gasteiger partial charge in [0.25, 0.3) is 5.56 Å². The van der Waals surface area contributed by atoms with Crippen LogP contribution in [0.25, 0.3) is 16.9 Å². The van der Waals surface area contributed by atoms with Gasteiger partial charge in [0, 0.05) is 43.7 Å². The quantitative estimate of drug-likeness (QED) is 0.689. The first-order valence-corrected chi connectivity index (χ1v) is 9.72. The van der Waals surface area contributed by atoms with Crippen LogP contribution in [0.4, 0.5) is 10.2 Å². The predicted octanol–water partition coefficient (Wildman–Crippen LogP) is 1.11. The van der Waals surface area contributed by atoms with Crippen molar-refractivity contribution in [1.82, 2.24) is 24.9 Å². The van der Waals surface area contributed by atoms with Crippen LogP contribution in [0.5, 0.6) is 0 Å². The van der Waals surface area contributed by atoms with Crippen LogP contribution in [0.3, 0.4) is 0 Å². The fraction of sp³-hybridized carbons (Fsp3) is 0.400. The van der Waals surface area contributed by atoms with Crippen molar-refractivity contribution in [2.24, 2.45) is 0 Å². The summed E-state index contributed by atoms with van der Waals surface area (Å²) in [6.45, 7) is 0. The molecule has 0 aliphatic carbocycles. The lowest BCUT2D eigenvalue weighted by Crippen LogP contribution is -2.55. The Hall–Kier alpha value is -3.07. The number of hydrogen-bond donors (Lipinski definition) is 2. The molecule has 5 rings (SSSR count). The van der Waals surface area contributed by atoms with E-state index in [4.69, 9.17) is 0 Å². The summed E-state index contributed by atoms with van der Waals surface area (Å²) in [6, 6.07) is 6.16. The summed E-state index contributed by atoms with van der Waals surface area (Å²) in [5.41, 5.74) is 0.543. The first-order chi connectivity index (χ1) is 14.0. The van der Waals surface area contributed by atoms with Crippen molar-refractivity contribution in [2.45, 2.75) is 43.6 Å². The Kier molecular flexibility index (Phi) is 4.20. The first kappa shape index (κ1) is 18.0. The maximum absolute atomic E-state index is 14.8. The number of alkyl halides is 1. The highest BCUT2D eigenvalue weighted by atomic mass is 19.1. The molecule has 2 saturated heterocycles. The topological polar surface area (TPSA) is 95.4 Å². The third-order valence-corrected chi connectivity index (χ3v) is 6.08. The molecule has 0 radical (unpaired) electrons. The third-order valence-electron chi connectivity index (χ3n) is 6.08. The number of pyridine rings is 1. The summed E-state index contributed by atoms with van der Waals surface area (Å²) < 4.78 is 16.2. The molecule has 150 valence electrons. The van der Waals surface area contributed by atoms with E-state index in [1.165, 1.54) is 28.9 Å². The fourth-order valence-electron chi connectivity index (χ4n) is 4.47. The van der Waals surface area contributed by atoms with E-state index in [-0.39, 0.29) is 28.6 Å². The molecule has 5 heterocycles. The third kappa shape index (κ3) is 3.02. The molecule has 29 heavy (non-hydrogen) atoms. The van der Waals surface area contributed by atoms with Crippen LogP contribution < -0.4 is 21.2 Å². The highest BCUT2D eigenvalue weighted by Gasteiger charge is 2.43. The van der Waals surface area contributed by atoms with Crippen molar-refractivity contribution in [3.8, 4) is 11.3 Å². The summed E-state index contributed by atoms with van der Waals surface area (Å²) >= 11 is 0. The number of piperidine rings is 1. The van der Waals surface area contributed by atoms with Crippen LogP contribution in [0.1, 0.15) is 19.3 Å². The van der Waals surface area contributed by atoms with Gasteiger partial charge in [0.15, 0.2) is 11.2 Å². The van der Waals surface area contributed by atoms with Gasteiger partial charge < -0.3 is 15.2 Å². The number of rotatable bonds is 3. The predicted molar refractivity (Wildman–Crippen MR) is 107 cm³/mol.